The van der Waals surface area contributed by atoms with Crippen LogP contribution in [0.5, 0.6) is 5.75 Å². The van der Waals surface area contributed by atoms with E-state index in [1.165, 1.54) is 5.69 Å². The Morgan fingerprint density at radius 3 is 2.70 bits per heavy atom. The van der Waals surface area contributed by atoms with Crippen LogP contribution in [0.2, 0.25) is 0 Å². The third-order valence-electron chi connectivity index (χ3n) is 3.10. The number of nitrogens with zero attached hydrogens (tertiary/aromatic N) is 1. The van der Waals surface area contributed by atoms with E-state index in [9.17, 15) is 0 Å². The number of hydrogen-bond donors (Lipinski definition) is 0. The first-order chi connectivity index (χ1) is 9.78. The molecule has 0 heterocycles. The molecule has 0 saturated carbocycles. The van der Waals surface area contributed by atoms with Crippen LogP contribution in [-0.4, -0.2) is 19.9 Å². The number of hydrogen-bond acceptors (Lipinski definition) is 3. The van der Waals surface area contributed by atoms with Gasteiger partial charge in [0.25, 0.3) is 0 Å². The van der Waals surface area contributed by atoms with Gasteiger partial charge in [-0.15, -0.1) is 11.8 Å². The number of methoxy groups -OCH3 is 1. The smallest absolute Gasteiger partial charge is 0.120 e. The van der Waals surface area contributed by atoms with Gasteiger partial charge >= 0.3 is 0 Å². The maximum absolute atomic E-state index is 5.33. The Morgan fingerprint density at radius 1 is 1.20 bits per heavy atom. The van der Waals surface area contributed by atoms with Crippen LogP contribution in [0.4, 0.5) is 11.4 Å². The van der Waals surface area contributed by atoms with E-state index >= 15 is 0 Å². The van der Waals surface area contributed by atoms with Crippen molar-refractivity contribution in [3.63, 3.8) is 0 Å². The molecule has 105 valence electrons. The number of rotatable bonds is 6. The third-order valence-corrected chi connectivity index (χ3v) is 3.78. The molecule has 0 fully saturated rings. The number of ether oxygens (including phenoxy) is 1. The van der Waals surface area contributed by atoms with Crippen molar-refractivity contribution < 1.29 is 4.74 Å². The van der Waals surface area contributed by atoms with Crippen LogP contribution < -0.4 is 9.64 Å². The van der Waals surface area contributed by atoms with Crippen molar-refractivity contribution in [2.75, 3.05) is 24.8 Å². The first-order valence-corrected chi connectivity index (χ1v) is 7.98. The number of anilines is 2. The van der Waals surface area contributed by atoms with Crippen LogP contribution in [-0.2, 0) is 0 Å². The minimum atomic E-state index is 0.885. The molecular formula is C17H20NOS. The van der Waals surface area contributed by atoms with Crippen LogP contribution in [0.15, 0.2) is 47.4 Å². The second kappa shape index (κ2) is 7.25. The summed E-state index contributed by atoms with van der Waals surface area (Å²) in [5.41, 5.74) is 2.35. The molecule has 0 saturated heterocycles. The van der Waals surface area contributed by atoms with Crippen LogP contribution in [0.1, 0.15) is 13.3 Å². The average Bonchev–Trinajstić information content (AvgIpc) is 2.52. The zero-order valence-corrected chi connectivity index (χ0v) is 13.0. The Morgan fingerprint density at radius 2 is 2.00 bits per heavy atom. The van der Waals surface area contributed by atoms with E-state index in [0.29, 0.717) is 0 Å². The van der Waals surface area contributed by atoms with Gasteiger partial charge in [0, 0.05) is 28.9 Å². The maximum Gasteiger partial charge on any atom is 0.120 e. The maximum atomic E-state index is 5.33. The topological polar surface area (TPSA) is 12.5 Å². The summed E-state index contributed by atoms with van der Waals surface area (Å²) in [7, 11) is 1.70. The van der Waals surface area contributed by atoms with E-state index < -0.39 is 0 Å². The molecule has 0 aliphatic rings. The summed E-state index contributed by atoms with van der Waals surface area (Å²) < 4.78 is 5.33. The van der Waals surface area contributed by atoms with Crippen molar-refractivity contribution in [1.82, 2.24) is 0 Å². The summed E-state index contributed by atoms with van der Waals surface area (Å²) in [6.07, 6.45) is 3.16. The molecule has 0 amide bonds. The molecule has 0 aliphatic heterocycles. The van der Waals surface area contributed by atoms with E-state index in [2.05, 4.69) is 48.4 Å². The second-order valence-electron chi connectivity index (χ2n) is 4.47. The normalized spacial score (nSPS) is 10.3. The van der Waals surface area contributed by atoms with Gasteiger partial charge < -0.3 is 9.64 Å². The Balaban J connectivity index is 2.38. The SMILES string of the molecule is CCCN(c1cc[c]c(SC)c1)c1cccc(OC)c1. The van der Waals surface area contributed by atoms with Gasteiger partial charge in [0.15, 0.2) is 0 Å². The molecular weight excluding hydrogens is 266 g/mol. The highest BCUT2D eigenvalue weighted by Gasteiger charge is 2.09. The van der Waals surface area contributed by atoms with E-state index in [1.54, 1.807) is 18.9 Å². The zero-order chi connectivity index (χ0) is 14.4. The summed E-state index contributed by atoms with van der Waals surface area (Å²) in [5, 5.41) is 0. The van der Waals surface area contributed by atoms with Crippen LogP contribution in [0.3, 0.4) is 0 Å². The van der Waals surface area contributed by atoms with E-state index in [1.807, 2.05) is 18.2 Å². The predicted octanol–water partition coefficient (Wildman–Crippen LogP) is 4.77. The summed E-state index contributed by atoms with van der Waals surface area (Å²) in [6.45, 7) is 3.17. The van der Waals surface area contributed by atoms with Gasteiger partial charge in [0.05, 0.1) is 7.11 Å². The van der Waals surface area contributed by atoms with Gasteiger partial charge in [0.2, 0.25) is 0 Å². The largest absolute Gasteiger partial charge is 0.497 e. The first-order valence-electron chi connectivity index (χ1n) is 6.75. The van der Waals surface area contributed by atoms with Crippen molar-refractivity contribution in [2.45, 2.75) is 18.2 Å². The molecule has 3 heteroatoms. The van der Waals surface area contributed by atoms with Gasteiger partial charge in [-0.3, -0.25) is 0 Å². The second-order valence-corrected chi connectivity index (χ2v) is 5.32. The molecule has 2 aromatic carbocycles. The Bertz CT molecular complexity index is 509. The lowest BCUT2D eigenvalue weighted by atomic mass is 10.2. The Hall–Kier alpha value is -1.61. The fraction of sp³-hybridized carbons (Fsp3) is 0.294. The lowest BCUT2D eigenvalue weighted by molar-refractivity contribution is 0.415. The minimum absolute atomic E-state index is 0.885. The van der Waals surface area contributed by atoms with E-state index in [4.69, 9.17) is 4.74 Å². The van der Waals surface area contributed by atoms with Crippen molar-refractivity contribution in [3.05, 3.63) is 48.5 Å². The summed E-state index contributed by atoms with van der Waals surface area (Å²) >= 11 is 1.71. The highest BCUT2D eigenvalue weighted by molar-refractivity contribution is 7.98. The van der Waals surface area contributed by atoms with Gasteiger partial charge in [-0.05, 0) is 43.0 Å². The molecule has 0 N–H and O–H groups in total. The molecule has 0 bridgehead atoms. The van der Waals surface area contributed by atoms with E-state index in [-0.39, 0.29) is 0 Å². The Labute approximate surface area is 125 Å². The first kappa shape index (κ1) is 14.8. The number of benzene rings is 2. The molecule has 20 heavy (non-hydrogen) atoms. The molecule has 0 unspecified atom stereocenters. The standard InChI is InChI=1S/C17H20NOS/c1-4-11-18(14-7-5-9-16(12-14)19-2)15-8-6-10-17(13-15)20-3/h5-9,12-13H,4,11H2,1-3H3. The fourth-order valence-electron chi connectivity index (χ4n) is 2.13. The lowest BCUT2D eigenvalue weighted by Gasteiger charge is -2.25. The molecule has 2 rings (SSSR count). The quantitative estimate of drug-likeness (QED) is 0.710. The summed E-state index contributed by atoms with van der Waals surface area (Å²) in [5.74, 6) is 0.885. The summed E-state index contributed by atoms with van der Waals surface area (Å²) in [6, 6.07) is 17.7. The molecule has 2 aromatic rings. The average molecular weight is 286 g/mol. The fourth-order valence-corrected chi connectivity index (χ4v) is 2.55. The highest BCUT2D eigenvalue weighted by atomic mass is 32.2. The molecule has 0 aliphatic carbocycles. The van der Waals surface area contributed by atoms with Crippen LogP contribution in [0, 0.1) is 6.07 Å². The number of thioether (sulfide) groups is 1. The zero-order valence-electron chi connectivity index (χ0n) is 12.2. The van der Waals surface area contributed by atoms with Gasteiger partial charge in [-0.2, -0.15) is 0 Å². The van der Waals surface area contributed by atoms with Crippen molar-refractivity contribution in [1.29, 1.82) is 0 Å². The lowest BCUT2D eigenvalue weighted by Crippen LogP contribution is -2.17. The van der Waals surface area contributed by atoms with Crippen molar-refractivity contribution >= 4 is 23.1 Å². The monoisotopic (exact) mass is 286 g/mol. The molecule has 0 spiro atoms. The minimum Gasteiger partial charge on any atom is -0.497 e. The molecule has 2 nitrogen and oxygen atoms in total. The van der Waals surface area contributed by atoms with Gasteiger partial charge in [-0.25, -0.2) is 0 Å². The van der Waals surface area contributed by atoms with Crippen LogP contribution >= 0.6 is 11.8 Å². The van der Waals surface area contributed by atoms with Gasteiger partial charge in [0.1, 0.15) is 5.75 Å². The third kappa shape index (κ3) is 3.48. The van der Waals surface area contributed by atoms with Crippen LogP contribution in [0.25, 0.3) is 0 Å². The van der Waals surface area contributed by atoms with Crippen molar-refractivity contribution in [3.8, 4) is 5.75 Å². The molecule has 0 aromatic heterocycles. The summed E-state index contributed by atoms with van der Waals surface area (Å²) in [4.78, 5) is 3.47. The van der Waals surface area contributed by atoms with Gasteiger partial charge in [-0.1, -0.05) is 19.1 Å². The van der Waals surface area contributed by atoms with Crippen molar-refractivity contribution in [2.24, 2.45) is 0 Å². The predicted molar refractivity (Wildman–Crippen MR) is 87.4 cm³/mol. The molecule has 0 atom stereocenters. The highest BCUT2D eigenvalue weighted by Crippen LogP contribution is 2.30. The Kier molecular flexibility index (Phi) is 5.36. The van der Waals surface area contributed by atoms with E-state index in [0.717, 1.165) is 29.3 Å². The molecule has 1 radical (unpaired) electrons.